The maximum atomic E-state index is 3.97. The first-order valence-electron chi connectivity index (χ1n) is 4.82. The van der Waals surface area contributed by atoms with Gasteiger partial charge in [-0.25, -0.2) is 0 Å². The molecule has 0 N–H and O–H groups in total. The molecule has 2 heteroatoms. The quantitative estimate of drug-likeness (QED) is 0.617. The normalized spacial score (nSPS) is 12.0. The van der Waals surface area contributed by atoms with Crippen LogP contribution in [0, 0.1) is 0 Å². The monoisotopic (exact) mass is 211 g/mol. The Bertz CT molecular complexity index is 241. The predicted octanol–water partition coefficient (Wildman–Crippen LogP) is 3.66. The zero-order valence-corrected chi connectivity index (χ0v) is 10.6. The molecule has 0 unspecified atom stereocenters. The van der Waals surface area contributed by atoms with E-state index in [1.54, 1.807) is 0 Å². The number of hydrogen-bond donors (Lipinski definition) is 0. The SMILES string of the molecule is C=C/C(=C(\C)CSC)N(CC)C(=C)C. The minimum absolute atomic E-state index is 0.947. The number of hydrogen-bond acceptors (Lipinski definition) is 2. The molecule has 0 saturated heterocycles. The highest BCUT2D eigenvalue weighted by atomic mass is 32.2. The molecule has 0 aliphatic carbocycles. The largest absolute Gasteiger partial charge is 0.346 e. The molecular weight excluding hydrogens is 190 g/mol. The first-order valence-corrected chi connectivity index (χ1v) is 6.22. The van der Waals surface area contributed by atoms with Crippen molar-refractivity contribution in [3.8, 4) is 0 Å². The van der Waals surface area contributed by atoms with Crippen molar-refractivity contribution in [2.24, 2.45) is 0 Å². The lowest BCUT2D eigenvalue weighted by Crippen LogP contribution is -2.20. The average Bonchev–Trinajstić information content (AvgIpc) is 2.13. The Balaban J connectivity index is 4.92. The standard InChI is InChI=1S/C12H21NS/c1-7-12(11(5)9-14-6)13(8-2)10(3)4/h7H,1,3,8-9H2,2,4-6H3/b12-11-. The molecule has 0 aliphatic rings. The average molecular weight is 211 g/mol. The number of allylic oxidation sites excluding steroid dienone is 2. The Kier molecular flexibility index (Phi) is 6.46. The first kappa shape index (κ1) is 13.4. The minimum atomic E-state index is 0.947. The van der Waals surface area contributed by atoms with Gasteiger partial charge in [-0.05, 0) is 38.7 Å². The zero-order chi connectivity index (χ0) is 11.1. The summed E-state index contributed by atoms with van der Waals surface area (Å²) in [4.78, 5) is 2.19. The maximum Gasteiger partial charge on any atom is 0.0399 e. The summed E-state index contributed by atoms with van der Waals surface area (Å²) in [7, 11) is 0. The third kappa shape index (κ3) is 3.62. The van der Waals surface area contributed by atoms with Crippen molar-refractivity contribution in [1.29, 1.82) is 0 Å². The fourth-order valence-corrected chi connectivity index (χ4v) is 2.03. The summed E-state index contributed by atoms with van der Waals surface area (Å²) in [5, 5.41) is 0. The number of likely N-dealkylation sites (N-methyl/N-ethyl adjacent to an activating group) is 1. The third-order valence-electron chi connectivity index (χ3n) is 2.06. The van der Waals surface area contributed by atoms with Crippen molar-refractivity contribution in [2.45, 2.75) is 20.8 Å². The van der Waals surface area contributed by atoms with Gasteiger partial charge in [-0.15, -0.1) is 0 Å². The second-order valence-corrected chi connectivity index (χ2v) is 4.15. The van der Waals surface area contributed by atoms with Crippen LogP contribution >= 0.6 is 11.8 Å². The lowest BCUT2D eigenvalue weighted by molar-refractivity contribution is 0.463. The van der Waals surface area contributed by atoms with Crippen LogP contribution < -0.4 is 0 Å². The van der Waals surface area contributed by atoms with Gasteiger partial charge in [-0.3, -0.25) is 0 Å². The third-order valence-corrected chi connectivity index (χ3v) is 2.78. The Hall–Kier alpha value is -0.630. The highest BCUT2D eigenvalue weighted by Gasteiger charge is 2.07. The van der Waals surface area contributed by atoms with Crippen molar-refractivity contribution >= 4 is 11.8 Å². The van der Waals surface area contributed by atoms with Crippen LogP contribution in [0.2, 0.25) is 0 Å². The number of thioether (sulfide) groups is 1. The van der Waals surface area contributed by atoms with E-state index in [9.17, 15) is 0 Å². The van der Waals surface area contributed by atoms with Crippen LogP contribution in [-0.2, 0) is 0 Å². The van der Waals surface area contributed by atoms with Crippen LogP contribution in [0.25, 0.3) is 0 Å². The van der Waals surface area contributed by atoms with Gasteiger partial charge in [-0.2, -0.15) is 11.8 Å². The molecule has 0 atom stereocenters. The molecule has 0 aromatic heterocycles. The van der Waals surface area contributed by atoms with E-state index in [1.807, 2.05) is 24.8 Å². The van der Waals surface area contributed by atoms with Gasteiger partial charge < -0.3 is 4.90 Å². The Labute approximate surface area is 92.6 Å². The summed E-state index contributed by atoms with van der Waals surface area (Å²) < 4.78 is 0. The van der Waals surface area contributed by atoms with E-state index in [2.05, 4.69) is 38.2 Å². The molecule has 0 heterocycles. The second kappa shape index (κ2) is 6.77. The smallest absolute Gasteiger partial charge is 0.0399 e. The molecular formula is C12H21NS. The van der Waals surface area contributed by atoms with E-state index < -0.39 is 0 Å². The van der Waals surface area contributed by atoms with E-state index >= 15 is 0 Å². The molecule has 0 radical (unpaired) electrons. The summed E-state index contributed by atoms with van der Waals surface area (Å²) in [6, 6.07) is 0. The number of nitrogens with zero attached hydrogens (tertiary/aromatic N) is 1. The molecule has 0 saturated carbocycles. The van der Waals surface area contributed by atoms with Gasteiger partial charge in [0.1, 0.15) is 0 Å². The van der Waals surface area contributed by atoms with E-state index in [1.165, 1.54) is 11.3 Å². The van der Waals surface area contributed by atoms with Gasteiger partial charge in [0.25, 0.3) is 0 Å². The molecule has 80 valence electrons. The zero-order valence-electron chi connectivity index (χ0n) is 9.76. The van der Waals surface area contributed by atoms with Crippen molar-refractivity contribution in [1.82, 2.24) is 4.90 Å². The van der Waals surface area contributed by atoms with Gasteiger partial charge in [-0.1, -0.05) is 13.2 Å². The summed E-state index contributed by atoms with van der Waals surface area (Å²) >= 11 is 1.83. The number of rotatable bonds is 6. The van der Waals surface area contributed by atoms with Crippen LogP contribution in [0.1, 0.15) is 20.8 Å². The first-order chi connectivity index (χ1) is 6.58. The predicted molar refractivity (Wildman–Crippen MR) is 68.5 cm³/mol. The Morgan fingerprint density at radius 1 is 1.43 bits per heavy atom. The van der Waals surface area contributed by atoms with Crippen molar-refractivity contribution < 1.29 is 0 Å². The van der Waals surface area contributed by atoms with Crippen molar-refractivity contribution in [3.05, 3.63) is 36.2 Å². The molecule has 0 spiro atoms. The topological polar surface area (TPSA) is 3.24 Å². The van der Waals surface area contributed by atoms with E-state index in [-0.39, 0.29) is 0 Å². The van der Waals surface area contributed by atoms with Crippen LogP contribution in [0.15, 0.2) is 36.2 Å². The molecule has 0 bridgehead atoms. The fourth-order valence-electron chi connectivity index (χ4n) is 1.45. The highest BCUT2D eigenvalue weighted by Crippen LogP contribution is 2.18. The van der Waals surface area contributed by atoms with Gasteiger partial charge in [0, 0.05) is 23.7 Å². The van der Waals surface area contributed by atoms with Crippen LogP contribution in [0.5, 0.6) is 0 Å². The van der Waals surface area contributed by atoms with E-state index in [0.717, 1.165) is 18.0 Å². The van der Waals surface area contributed by atoms with Crippen molar-refractivity contribution in [2.75, 3.05) is 18.6 Å². The lowest BCUT2D eigenvalue weighted by atomic mass is 10.2. The van der Waals surface area contributed by atoms with E-state index in [0.29, 0.717) is 0 Å². The molecule has 0 rings (SSSR count). The molecule has 0 aromatic rings. The molecule has 14 heavy (non-hydrogen) atoms. The second-order valence-electron chi connectivity index (χ2n) is 3.28. The molecule has 0 aromatic carbocycles. The van der Waals surface area contributed by atoms with Gasteiger partial charge >= 0.3 is 0 Å². The summed E-state index contributed by atoms with van der Waals surface area (Å²) in [5.41, 5.74) is 3.63. The molecule has 1 nitrogen and oxygen atoms in total. The summed E-state index contributed by atoms with van der Waals surface area (Å²) in [6.45, 7) is 15.1. The van der Waals surface area contributed by atoms with Gasteiger partial charge in [0.15, 0.2) is 0 Å². The summed E-state index contributed by atoms with van der Waals surface area (Å²) in [6.07, 6.45) is 4.03. The molecule has 0 aliphatic heterocycles. The highest BCUT2D eigenvalue weighted by molar-refractivity contribution is 7.98. The Morgan fingerprint density at radius 3 is 2.29 bits per heavy atom. The van der Waals surface area contributed by atoms with Crippen LogP contribution in [0.4, 0.5) is 0 Å². The van der Waals surface area contributed by atoms with Crippen molar-refractivity contribution in [3.63, 3.8) is 0 Å². The van der Waals surface area contributed by atoms with Crippen LogP contribution in [-0.4, -0.2) is 23.5 Å². The van der Waals surface area contributed by atoms with Gasteiger partial charge in [0.05, 0.1) is 0 Å². The summed E-state index contributed by atoms with van der Waals surface area (Å²) in [5.74, 6) is 1.05. The Morgan fingerprint density at radius 2 is 2.00 bits per heavy atom. The lowest BCUT2D eigenvalue weighted by Gasteiger charge is -2.26. The van der Waals surface area contributed by atoms with Crippen LogP contribution in [0.3, 0.4) is 0 Å². The maximum absolute atomic E-state index is 3.97. The molecule has 0 amide bonds. The molecule has 0 fully saturated rings. The fraction of sp³-hybridized carbons (Fsp3) is 0.500. The minimum Gasteiger partial charge on any atom is -0.346 e. The van der Waals surface area contributed by atoms with E-state index in [4.69, 9.17) is 0 Å². The van der Waals surface area contributed by atoms with Gasteiger partial charge in [0.2, 0.25) is 0 Å².